The van der Waals surface area contributed by atoms with Crippen molar-refractivity contribution in [3.63, 3.8) is 0 Å². The van der Waals surface area contributed by atoms with Crippen molar-refractivity contribution in [1.82, 2.24) is 0 Å². The summed E-state index contributed by atoms with van der Waals surface area (Å²) in [5.41, 5.74) is 1.05. The maximum Gasteiger partial charge on any atom is 0.339 e. The molecule has 0 aliphatic rings. The molecule has 2 N–H and O–H groups in total. The van der Waals surface area contributed by atoms with Gasteiger partial charge in [0.15, 0.2) is 0 Å². The molecule has 0 saturated heterocycles. The fourth-order valence-electron chi connectivity index (χ4n) is 2.10. The number of carboxylic acid groups (broad SMARTS) is 1. The van der Waals surface area contributed by atoms with Crippen LogP contribution in [0.5, 0.6) is 5.75 Å². The van der Waals surface area contributed by atoms with E-state index in [4.69, 9.17) is 9.52 Å². The standard InChI is InChI=1S/C15H17NO4/c1-3-16(11-5-4-6-12(17)7-11)9-13-8-14(15(18)19)10(2)20-13/h4-8,17H,3,9H2,1-2H3,(H,18,19). The monoisotopic (exact) mass is 275 g/mol. The lowest BCUT2D eigenvalue weighted by Crippen LogP contribution is -2.21. The quantitative estimate of drug-likeness (QED) is 0.877. The van der Waals surface area contributed by atoms with Crippen LogP contribution in [0.2, 0.25) is 0 Å². The topological polar surface area (TPSA) is 73.9 Å². The second-order valence-corrected chi connectivity index (χ2v) is 4.52. The molecule has 1 heterocycles. The van der Waals surface area contributed by atoms with Gasteiger partial charge in [-0.15, -0.1) is 0 Å². The van der Waals surface area contributed by atoms with E-state index in [9.17, 15) is 9.90 Å². The SMILES string of the molecule is CCN(Cc1cc(C(=O)O)c(C)o1)c1cccc(O)c1. The molecule has 0 bridgehead atoms. The summed E-state index contributed by atoms with van der Waals surface area (Å²) in [5, 5.41) is 18.5. The average molecular weight is 275 g/mol. The Balaban J connectivity index is 2.22. The van der Waals surface area contributed by atoms with Crippen LogP contribution < -0.4 is 4.90 Å². The molecule has 5 nitrogen and oxygen atoms in total. The molecule has 0 amide bonds. The number of hydrogen-bond donors (Lipinski definition) is 2. The summed E-state index contributed by atoms with van der Waals surface area (Å²) >= 11 is 0. The Morgan fingerprint density at radius 3 is 2.65 bits per heavy atom. The molecule has 0 radical (unpaired) electrons. The fraction of sp³-hybridized carbons (Fsp3) is 0.267. The lowest BCUT2D eigenvalue weighted by Gasteiger charge is -2.21. The molecule has 1 aromatic heterocycles. The molecule has 1 aromatic carbocycles. The Hall–Kier alpha value is -2.43. The van der Waals surface area contributed by atoms with E-state index in [1.54, 1.807) is 31.2 Å². The molecule has 0 aliphatic heterocycles. The maximum atomic E-state index is 11.0. The van der Waals surface area contributed by atoms with Crippen LogP contribution in [-0.4, -0.2) is 22.7 Å². The number of anilines is 1. The number of aryl methyl sites for hydroxylation is 1. The van der Waals surface area contributed by atoms with Crippen molar-refractivity contribution >= 4 is 11.7 Å². The van der Waals surface area contributed by atoms with Gasteiger partial charge < -0.3 is 19.5 Å². The van der Waals surface area contributed by atoms with Gasteiger partial charge in [-0.25, -0.2) is 4.79 Å². The molecule has 2 aromatic rings. The first-order valence-corrected chi connectivity index (χ1v) is 6.38. The minimum absolute atomic E-state index is 0.187. The number of furan rings is 1. The minimum Gasteiger partial charge on any atom is -0.508 e. The summed E-state index contributed by atoms with van der Waals surface area (Å²) in [7, 11) is 0. The van der Waals surface area contributed by atoms with Crippen LogP contribution in [0.4, 0.5) is 5.69 Å². The molecular weight excluding hydrogens is 258 g/mol. The maximum absolute atomic E-state index is 11.0. The van der Waals surface area contributed by atoms with Gasteiger partial charge in [-0.3, -0.25) is 0 Å². The summed E-state index contributed by atoms with van der Waals surface area (Å²) < 4.78 is 5.47. The normalized spacial score (nSPS) is 10.5. The molecule has 20 heavy (non-hydrogen) atoms. The Morgan fingerprint density at radius 2 is 2.10 bits per heavy atom. The van der Waals surface area contributed by atoms with Gasteiger partial charge in [0.1, 0.15) is 22.8 Å². The van der Waals surface area contributed by atoms with Crippen molar-refractivity contribution in [2.75, 3.05) is 11.4 Å². The van der Waals surface area contributed by atoms with E-state index < -0.39 is 5.97 Å². The first-order valence-electron chi connectivity index (χ1n) is 6.38. The third kappa shape index (κ3) is 2.93. The number of phenols is 1. The van der Waals surface area contributed by atoms with Gasteiger partial charge in [-0.2, -0.15) is 0 Å². The van der Waals surface area contributed by atoms with E-state index in [-0.39, 0.29) is 11.3 Å². The number of hydrogen-bond acceptors (Lipinski definition) is 4. The smallest absolute Gasteiger partial charge is 0.339 e. The second-order valence-electron chi connectivity index (χ2n) is 4.52. The van der Waals surface area contributed by atoms with Crippen LogP contribution in [0.3, 0.4) is 0 Å². The number of phenolic OH excluding ortho intramolecular Hbond substituents is 1. The molecule has 5 heteroatoms. The number of carbonyl (C=O) groups is 1. The Labute approximate surface area is 117 Å². The van der Waals surface area contributed by atoms with Crippen molar-refractivity contribution in [3.05, 3.63) is 47.4 Å². The van der Waals surface area contributed by atoms with Gasteiger partial charge >= 0.3 is 5.97 Å². The van der Waals surface area contributed by atoms with E-state index in [0.717, 1.165) is 5.69 Å². The summed E-state index contributed by atoms with van der Waals surface area (Å²) in [5.74, 6) is 0.199. The van der Waals surface area contributed by atoms with Gasteiger partial charge in [0.25, 0.3) is 0 Å². The summed E-state index contributed by atoms with van der Waals surface area (Å²) in [6.07, 6.45) is 0. The van der Waals surface area contributed by atoms with Gasteiger partial charge in [-0.1, -0.05) is 6.07 Å². The Morgan fingerprint density at radius 1 is 1.35 bits per heavy atom. The minimum atomic E-state index is -0.988. The van der Waals surface area contributed by atoms with Crippen molar-refractivity contribution < 1.29 is 19.4 Å². The Kier molecular flexibility index (Phi) is 3.98. The molecule has 0 unspecified atom stereocenters. The van der Waals surface area contributed by atoms with Crippen LogP contribution in [-0.2, 0) is 6.54 Å². The van der Waals surface area contributed by atoms with Crippen molar-refractivity contribution in [2.24, 2.45) is 0 Å². The predicted octanol–water partition coefficient (Wildman–Crippen LogP) is 3.02. The van der Waals surface area contributed by atoms with E-state index in [0.29, 0.717) is 24.6 Å². The molecule has 0 fully saturated rings. The number of aromatic hydroxyl groups is 1. The van der Waals surface area contributed by atoms with Gasteiger partial charge in [0, 0.05) is 18.3 Å². The summed E-state index contributed by atoms with van der Waals surface area (Å²) in [6, 6.07) is 8.47. The highest BCUT2D eigenvalue weighted by Crippen LogP contribution is 2.23. The van der Waals surface area contributed by atoms with E-state index in [1.165, 1.54) is 0 Å². The van der Waals surface area contributed by atoms with E-state index >= 15 is 0 Å². The molecule has 2 rings (SSSR count). The van der Waals surface area contributed by atoms with Crippen molar-refractivity contribution in [1.29, 1.82) is 0 Å². The van der Waals surface area contributed by atoms with Crippen LogP contribution in [0.1, 0.15) is 28.8 Å². The molecular formula is C15H17NO4. The van der Waals surface area contributed by atoms with Crippen LogP contribution in [0.15, 0.2) is 34.7 Å². The Bertz CT molecular complexity index is 618. The zero-order valence-corrected chi connectivity index (χ0v) is 11.5. The zero-order chi connectivity index (χ0) is 14.7. The number of benzene rings is 1. The number of rotatable bonds is 5. The van der Waals surface area contributed by atoms with E-state index in [2.05, 4.69) is 0 Å². The zero-order valence-electron chi connectivity index (χ0n) is 11.5. The van der Waals surface area contributed by atoms with Crippen LogP contribution in [0.25, 0.3) is 0 Å². The first-order chi connectivity index (χ1) is 9.51. The van der Waals surface area contributed by atoms with Crippen LogP contribution in [0, 0.1) is 6.92 Å². The molecule has 0 aliphatic carbocycles. The highest BCUT2D eigenvalue weighted by molar-refractivity contribution is 5.88. The van der Waals surface area contributed by atoms with Gasteiger partial charge in [-0.05, 0) is 32.0 Å². The average Bonchev–Trinajstić information content (AvgIpc) is 2.77. The number of aromatic carboxylic acids is 1. The third-order valence-corrected chi connectivity index (χ3v) is 3.12. The summed E-state index contributed by atoms with van der Waals surface area (Å²) in [6.45, 7) is 4.79. The number of carboxylic acids is 1. The number of nitrogens with zero attached hydrogens (tertiary/aromatic N) is 1. The second kappa shape index (κ2) is 5.69. The lowest BCUT2D eigenvalue weighted by molar-refractivity contribution is 0.0695. The third-order valence-electron chi connectivity index (χ3n) is 3.12. The molecule has 0 atom stereocenters. The largest absolute Gasteiger partial charge is 0.508 e. The molecule has 0 spiro atoms. The van der Waals surface area contributed by atoms with Gasteiger partial charge in [0.05, 0.1) is 6.54 Å². The van der Waals surface area contributed by atoms with E-state index in [1.807, 2.05) is 17.9 Å². The highest BCUT2D eigenvalue weighted by Gasteiger charge is 2.15. The van der Waals surface area contributed by atoms with Crippen LogP contribution >= 0.6 is 0 Å². The highest BCUT2D eigenvalue weighted by atomic mass is 16.4. The first kappa shape index (κ1) is 14.0. The molecule has 0 saturated carbocycles. The fourth-order valence-corrected chi connectivity index (χ4v) is 2.10. The molecule has 106 valence electrons. The summed E-state index contributed by atoms with van der Waals surface area (Å²) in [4.78, 5) is 13.0. The van der Waals surface area contributed by atoms with Gasteiger partial charge in [0.2, 0.25) is 0 Å². The van der Waals surface area contributed by atoms with Crippen molar-refractivity contribution in [3.8, 4) is 5.75 Å². The van der Waals surface area contributed by atoms with Crippen molar-refractivity contribution in [2.45, 2.75) is 20.4 Å². The predicted molar refractivity (Wildman–Crippen MR) is 75.2 cm³/mol. The lowest BCUT2D eigenvalue weighted by atomic mass is 10.2.